The molecule has 0 amide bonds. The van der Waals surface area contributed by atoms with Gasteiger partial charge in [-0.2, -0.15) is 0 Å². The molecule has 2 heteroatoms. The fourth-order valence-electron chi connectivity index (χ4n) is 1.05. The van der Waals surface area contributed by atoms with Gasteiger partial charge in [0.05, 0.1) is 6.67 Å². The van der Waals surface area contributed by atoms with Gasteiger partial charge < -0.3 is 2.85 Å². The monoisotopic (exact) mass is 172 g/mol. The zero-order chi connectivity index (χ0) is 7.66. The molecular formula is C9H21FMg. The van der Waals surface area contributed by atoms with Crippen LogP contribution in [0.5, 0.6) is 0 Å². The molecule has 0 aromatic carbocycles. The van der Waals surface area contributed by atoms with Crippen molar-refractivity contribution >= 4 is 23.1 Å². The maximum absolute atomic E-state index is 11.6. The molecule has 0 spiro atoms. The van der Waals surface area contributed by atoms with Crippen LogP contribution >= 0.6 is 0 Å². The Hall–Kier alpha value is 0.696. The molecule has 0 fully saturated rings. The van der Waals surface area contributed by atoms with E-state index in [2.05, 4.69) is 6.92 Å². The van der Waals surface area contributed by atoms with Gasteiger partial charge in [-0.15, -0.1) is 0 Å². The second kappa shape index (κ2) is 13.3. The van der Waals surface area contributed by atoms with Gasteiger partial charge in [0.15, 0.2) is 0 Å². The Morgan fingerprint density at radius 1 is 0.909 bits per heavy atom. The average Bonchev–Trinajstić information content (AvgIpc) is 1.97. The standard InChI is InChI=1S/C9H19F.Mg.2H/c1-2-3-4-5-6-7-8-9-10;;;/h2-9H2,1H3;;;/q;+2;2*-1. The van der Waals surface area contributed by atoms with Gasteiger partial charge in [0.2, 0.25) is 0 Å². The molecule has 0 atom stereocenters. The first kappa shape index (κ1) is 14.2. The number of alkyl halides is 1. The van der Waals surface area contributed by atoms with Crippen LogP contribution in [0.1, 0.15) is 54.7 Å². The molecule has 0 saturated heterocycles. The summed E-state index contributed by atoms with van der Waals surface area (Å²) in [7, 11) is 0. The van der Waals surface area contributed by atoms with Gasteiger partial charge >= 0.3 is 23.1 Å². The van der Waals surface area contributed by atoms with E-state index in [1.165, 1.54) is 32.1 Å². The summed E-state index contributed by atoms with van der Waals surface area (Å²) in [5.41, 5.74) is 0. The van der Waals surface area contributed by atoms with Crippen LogP contribution in [0.3, 0.4) is 0 Å². The van der Waals surface area contributed by atoms with Crippen molar-refractivity contribution in [1.29, 1.82) is 0 Å². The molecule has 0 aromatic heterocycles. The molecule has 0 bridgehead atoms. The molecule has 0 aliphatic carbocycles. The smallest absolute Gasteiger partial charge is 1.00 e. The van der Waals surface area contributed by atoms with Crippen LogP contribution in [-0.4, -0.2) is 29.7 Å². The Balaban J connectivity index is -0.000000135. The Kier molecular flexibility index (Phi) is 17.2. The van der Waals surface area contributed by atoms with Gasteiger partial charge in [-0.1, -0.05) is 45.4 Å². The van der Waals surface area contributed by atoms with E-state index in [1.54, 1.807) is 0 Å². The predicted octanol–water partition coefficient (Wildman–Crippen LogP) is 3.55. The summed E-state index contributed by atoms with van der Waals surface area (Å²) in [6, 6.07) is 0. The number of hydrogen-bond acceptors (Lipinski definition) is 0. The minimum Gasteiger partial charge on any atom is -1.00 e. The van der Waals surface area contributed by atoms with Crippen LogP contribution in [-0.2, 0) is 0 Å². The Morgan fingerprint density at radius 2 is 1.36 bits per heavy atom. The number of hydrogen-bond donors (Lipinski definition) is 0. The van der Waals surface area contributed by atoms with Gasteiger partial charge in [-0.25, -0.2) is 0 Å². The van der Waals surface area contributed by atoms with Gasteiger partial charge in [0.1, 0.15) is 0 Å². The normalized spacial score (nSPS) is 9.27. The zero-order valence-electron chi connectivity index (χ0n) is 9.74. The predicted molar refractivity (Wildman–Crippen MR) is 51.9 cm³/mol. The molecule has 0 saturated carbocycles. The largest absolute Gasteiger partial charge is 2.00 e. The number of rotatable bonds is 7. The molecule has 0 aliphatic rings. The number of unbranched alkanes of at least 4 members (excludes halogenated alkanes) is 6. The molecule has 66 valence electrons. The third-order valence-corrected chi connectivity index (χ3v) is 1.74. The van der Waals surface area contributed by atoms with Crippen molar-refractivity contribution < 1.29 is 7.24 Å². The van der Waals surface area contributed by atoms with E-state index in [0.29, 0.717) is 0 Å². The van der Waals surface area contributed by atoms with Gasteiger partial charge in [0.25, 0.3) is 0 Å². The van der Waals surface area contributed by atoms with Crippen molar-refractivity contribution in [3.05, 3.63) is 0 Å². The number of halogens is 1. The fraction of sp³-hybridized carbons (Fsp3) is 1.00. The average molecular weight is 173 g/mol. The van der Waals surface area contributed by atoms with Crippen LogP contribution in [0.4, 0.5) is 4.39 Å². The Labute approximate surface area is 89.1 Å². The molecule has 0 N–H and O–H groups in total. The topological polar surface area (TPSA) is 0 Å². The zero-order valence-corrected chi connectivity index (χ0v) is 9.16. The van der Waals surface area contributed by atoms with E-state index in [0.717, 1.165) is 12.8 Å². The molecule has 0 rings (SSSR count). The van der Waals surface area contributed by atoms with Crippen molar-refractivity contribution in [2.24, 2.45) is 0 Å². The van der Waals surface area contributed by atoms with E-state index in [4.69, 9.17) is 0 Å². The Morgan fingerprint density at radius 3 is 1.82 bits per heavy atom. The van der Waals surface area contributed by atoms with E-state index in [9.17, 15) is 4.39 Å². The van der Waals surface area contributed by atoms with E-state index in [-0.39, 0.29) is 32.6 Å². The molecule has 0 aromatic rings. The van der Waals surface area contributed by atoms with Crippen LogP contribution in [0.15, 0.2) is 0 Å². The molecule has 0 aliphatic heterocycles. The minimum atomic E-state index is -0.131. The van der Waals surface area contributed by atoms with E-state index < -0.39 is 0 Å². The molecule has 0 unspecified atom stereocenters. The molecular weight excluding hydrogens is 151 g/mol. The van der Waals surface area contributed by atoms with E-state index in [1.807, 2.05) is 0 Å². The van der Waals surface area contributed by atoms with Crippen molar-refractivity contribution in [3.8, 4) is 0 Å². The van der Waals surface area contributed by atoms with Crippen molar-refractivity contribution in [3.63, 3.8) is 0 Å². The van der Waals surface area contributed by atoms with E-state index >= 15 is 0 Å². The van der Waals surface area contributed by atoms with Crippen LogP contribution in [0, 0.1) is 0 Å². The van der Waals surface area contributed by atoms with Crippen molar-refractivity contribution in [1.82, 2.24) is 0 Å². The van der Waals surface area contributed by atoms with Crippen LogP contribution in [0.2, 0.25) is 0 Å². The summed E-state index contributed by atoms with van der Waals surface area (Å²) < 4.78 is 11.6. The maximum Gasteiger partial charge on any atom is 2.00 e. The first-order valence-electron chi connectivity index (χ1n) is 4.47. The second-order valence-electron chi connectivity index (χ2n) is 2.81. The summed E-state index contributed by atoms with van der Waals surface area (Å²) in [5.74, 6) is 0. The summed E-state index contributed by atoms with van der Waals surface area (Å²) in [6.45, 7) is 2.08. The third kappa shape index (κ3) is 13.7. The fourth-order valence-corrected chi connectivity index (χ4v) is 1.05. The summed E-state index contributed by atoms with van der Waals surface area (Å²) in [4.78, 5) is 0. The molecule has 0 radical (unpaired) electrons. The van der Waals surface area contributed by atoms with Crippen molar-refractivity contribution in [2.45, 2.75) is 51.9 Å². The van der Waals surface area contributed by atoms with Crippen molar-refractivity contribution in [2.75, 3.05) is 6.67 Å². The summed E-state index contributed by atoms with van der Waals surface area (Å²) in [6.07, 6.45) is 8.35. The summed E-state index contributed by atoms with van der Waals surface area (Å²) in [5, 5.41) is 0. The SMILES string of the molecule is CCCCCCCCCF.[H-].[H-].[Mg+2]. The Bertz CT molecular complexity index is 57.6. The molecule has 11 heavy (non-hydrogen) atoms. The third-order valence-electron chi connectivity index (χ3n) is 1.74. The quantitative estimate of drug-likeness (QED) is 0.407. The van der Waals surface area contributed by atoms with Gasteiger partial charge in [-0.3, -0.25) is 4.39 Å². The maximum atomic E-state index is 11.6. The minimum absolute atomic E-state index is 0. The molecule has 0 nitrogen and oxygen atoms in total. The first-order chi connectivity index (χ1) is 4.91. The van der Waals surface area contributed by atoms with Gasteiger partial charge in [0, 0.05) is 0 Å². The van der Waals surface area contributed by atoms with Crippen LogP contribution in [0.25, 0.3) is 0 Å². The second-order valence-corrected chi connectivity index (χ2v) is 2.81. The summed E-state index contributed by atoms with van der Waals surface area (Å²) >= 11 is 0. The van der Waals surface area contributed by atoms with Gasteiger partial charge in [-0.05, 0) is 6.42 Å². The molecule has 0 heterocycles. The van der Waals surface area contributed by atoms with Crippen LogP contribution < -0.4 is 0 Å². The first-order valence-corrected chi connectivity index (χ1v) is 4.47.